The Bertz CT molecular complexity index is 476. The van der Waals surface area contributed by atoms with Crippen LogP contribution in [0.3, 0.4) is 0 Å². The fraction of sp³-hybridized carbons (Fsp3) is 0.611. The van der Waals surface area contributed by atoms with Gasteiger partial charge in [0.05, 0.1) is 0 Å². The standard InChI is InChI=1S/C18H28N2O/c1-14-10-15(2)12-16(11-14)18(21)7-9-20-8-5-6-17(13-20)19(3)4/h10-12,17H,5-9,13H2,1-4H3. The molecule has 0 aromatic heterocycles. The molecule has 0 spiro atoms. The maximum absolute atomic E-state index is 12.4. The molecule has 1 fully saturated rings. The Hall–Kier alpha value is -1.19. The van der Waals surface area contributed by atoms with Gasteiger partial charge in [0.2, 0.25) is 0 Å². The van der Waals surface area contributed by atoms with E-state index in [2.05, 4.69) is 43.8 Å². The first-order chi connectivity index (χ1) is 9.95. The molecule has 1 aliphatic heterocycles. The van der Waals surface area contributed by atoms with E-state index in [9.17, 15) is 4.79 Å². The smallest absolute Gasteiger partial charge is 0.164 e. The molecule has 1 atom stereocenters. The summed E-state index contributed by atoms with van der Waals surface area (Å²) in [6.07, 6.45) is 3.14. The maximum atomic E-state index is 12.4. The number of rotatable bonds is 5. The highest BCUT2D eigenvalue weighted by atomic mass is 16.1. The maximum Gasteiger partial charge on any atom is 0.164 e. The summed E-state index contributed by atoms with van der Waals surface area (Å²) in [4.78, 5) is 17.1. The van der Waals surface area contributed by atoms with Gasteiger partial charge < -0.3 is 9.80 Å². The number of aryl methyl sites for hydroxylation is 2. The molecule has 1 aliphatic rings. The molecule has 1 aromatic carbocycles. The highest BCUT2D eigenvalue weighted by Gasteiger charge is 2.21. The molecule has 3 nitrogen and oxygen atoms in total. The van der Waals surface area contributed by atoms with Gasteiger partial charge in [0.1, 0.15) is 0 Å². The number of hydrogen-bond donors (Lipinski definition) is 0. The SMILES string of the molecule is Cc1cc(C)cc(C(=O)CCN2CCCC(N(C)C)C2)c1. The average molecular weight is 288 g/mol. The van der Waals surface area contributed by atoms with Crippen molar-refractivity contribution in [1.29, 1.82) is 0 Å². The minimum Gasteiger partial charge on any atom is -0.305 e. The molecule has 2 rings (SSSR count). The molecule has 3 heteroatoms. The Labute approximate surface area is 128 Å². The van der Waals surface area contributed by atoms with Crippen LogP contribution >= 0.6 is 0 Å². The van der Waals surface area contributed by atoms with Crippen LogP contribution in [0.15, 0.2) is 18.2 Å². The number of carbonyl (C=O) groups is 1. The summed E-state index contributed by atoms with van der Waals surface area (Å²) < 4.78 is 0. The molecule has 0 aliphatic carbocycles. The molecule has 0 saturated carbocycles. The summed E-state index contributed by atoms with van der Waals surface area (Å²) in [6.45, 7) is 7.21. The van der Waals surface area contributed by atoms with Gasteiger partial charge in [0.15, 0.2) is 5.78 Å². The molecule has 0 radical (unpaired) electrons. The summed E-state index contributed by atoms with van der Waals surface area (Å²) >= 11 is 0. The van der Waals surface area contributed by atoms with Crippen LogP contribution in [-0.4, -0.2) is 55.4 Å². The van der Waals surface area contributed by atoms with Crippen molar-refractivity contribution < 1.29 is 4.79 Å². The minimum atomic E-state index is 0.272. The van der Waals surface area contributed by atoms with E-state index < -0.39 is 0 Å². The number of benzene rings is 1. The first-order valence-corrected chi connectivity index (χ1v) is 7.96. The van der Waals surface area contributed by atoms with E-state index in [1.54, 1.807) is 0 Å². The van der Waals surface area contributed by atoms with Gasteiger partial charge in [0, 0.05) is 31.1 Å². The van der Waals surface area contributed by atoms with Crippen LogP contribution in [-0.2, 0) is 0 Å². The predicted octanol–water partition coefficient (Wildman–Crippen LogP) is 2.90. The largest absolute Gasteiger partial charge is 0.305 e. The van der Waals surface area contributed by atoms with E-state index in [-0.39, 0.29) is 5.78 Å². The van der Waals surface area contributed by atoms with Crippen molar-refractivity contribution in [3.05, 3.63) is 34.9 Å². The van der Waals surface area contributed by atoms with Gasteiger partial charge in [-0.3, -0.25) is 4.79 Å². The van der Waals surface area contributed by atoms with Gasteiger partial charge in [-0.2, -0.15) is 0 Å². The number of carbonyl (C=O) groups excluding carboxylic acids is 1. The lowest BCUT2D eigenvalue weighted by molar-refractivity contribution is 0.0927. The molecule has 0 amide bonds. The highest BCUT2D eigenvalue weighted by molar-refractivity contribution is 5.96. The first kappa shape index (κ1) is 16.2. The highest BCUT2D eigenvalue weighted by Crippen LogP contribution is 2.15. The topological polar surface area (TPSA) is 23.6 Å². The van der Waals surface area contributed by atoms with E-state index >= 15 is 0 Å². The van der Waals surface area contributed by atoms with Crippen LogP contribution < -0.4 is 0 Å². The lowest BCUT2D eigenvalue weighted by Gasteiger charge is -2.36. The van der Waals surface area contributed by atoms with Gasteiger partial charge in [-0.25, -0.2) is 0 Å². The Kier molecular flexibility index (Phi) is 5.54. The van der Waals surface area contributed by atoms with Crippen LogP contribution in [0.25, 0.3) is 0 Å². The third-order valence-electron chi connectivity index (χ3n) is 4.41. The molecule has 1 saturated heterocycles. The van der Waals surface area contributed by atoms with Crippen LogP contribution in [0.1, 0.15) is 40.7 Å². The van der Waals surface area contributed by atoms with Gasteiger partial charge in [-0.05, 0) is 59.5 Å². The number of likely N-dealkylation sites (tertiary alicyclic amines) is 1. The zero-order valence-electron chi connectivity index (χ0n) is 13.9. The average Bonchev–Trinajstić information content (AvgIpc) is 2.44. The number of likely N-dealkylation sites (N-methyl/N-ethyl adjacent to an activating group) is 1. The van der Waals surface area contributed by atoms with E-state index in [4.69, 9.17) is 0 Å². The lowest BCUT2D eigenvalue weighted by Crippen LogP contribution is -2.45. The Morgan fingerprint density at radius 1 is 1.24 bits per heavy atom. The number of hydrogen-bond acceptors (Lipinski definition) is 3. The van der Waals surface area contributed by atoms with E-state index in [0.717, 1.165) is 25.2 Å². The molecule has 0 N–H and O–H groups in total. The molecule has 1 heterocycles. The van der Waals surface area contributed by atoms with Crippen molar-refractivity contribution in [3.8, 4) is 0 Å². The van der Waals surface area contributed by atoms with Crippen molar-refractivity contribution in [3.63, 3.8) is 0 Å². The lowest BCUT2D eigenvalue weighted by atomic mass is 10.0. The summed E-state index contributed by atoms with van der Waals surface area (Å²) in [5.74, 6) is 0.272. The van der Waals surface area contributed by atoms with Gasteiger partial charge in [-0.1, -0.05) is 17.2 Å². The number of nitrogens with zero attached hydrogens (tertiary/aromatic N) is 2. The van der Waals surface area contributed by atoms with Crippen molar-refractivity contribution >= 4 is 5.78 Å². The van der Waals surface area contributed by atoms with Crippen molar-refractivity contribution in [2.45, 2.75) is 39.2 Å². The Balaban J connectivity index is 1.89. The third-order valence-corrected chi connectivity index (χ3v) is 4.41. The summed E-state index contributed by atoms with van der Waals surface area (Å²) in [5.41, 5.74) is 3.21. The first-order valence-electron chi connectivity index (χ1n) is 7.96. The number of ketones is 1. The van der Waals surface area contributed by atoms with Crippen LogP contribution in [0.5, 0.6) is 0 Å². The van der Waals surface area contributed by atoms with Crippen molar-refractivity contribution in [2.75, 3.05) is 33.7 Å². The van der Waals surface area contributed by atoms with Crippen LogP contribution in [0.2, 0.25) is 0 Å². The van der Waals surface area contributed by atoms with Crippen LogP contribution in [0.4, 0.5) is 0 Å². The second-order valence-electron chi connectivity index (χ2n) is 6.61. The van der Waals surface area contributed by atoms with Gasteiger partial charge in [0.25, 0.3) is 0 Å². The molecule has 1 unspecified atom stereocenters. The molecular weight excluding hydrogens is 260 g/mol. The summed E-state index contributed by atoms with van der Waals surface area (Å²) in [7, 11) is 4.30. The normalized spacial score (nSPS) is 20.0. The second kappa shape index (κ2) is 7.19. The Morgan fingerprint density at radius 3 is 2.52 bits per heavy atom. The monoisotopic (exact) mass is 288 g/mol. The molecule has 116 valence electrons. The molecular formula is C18H28N2O. The van der Waals surface area contributed by atoms with E-state index in [0.29, 0.717) is 12.5 Å². The van der Waals surface area contributed by atoms with E-state index in [1.807, 2.05) is 12.1 Å². The van der Waals surface area contributed by atoms with Gasteiger partial charge >= 0.3 is 0 Å². The van der Waals surface area contributed by atoms with Crippen LogP contribution in [0, 0.1) is 13.8 Å². The second-order valence-corrected chi connectivity index (χ2v) is 6.61. The fourth-order valence-corrected chi connectivity index (χ4v) is 3.20. The zero-order valence-corrected chi connectivity index (χ0v) is 13.9. The molecule has 1 aromatic rings. The minimum absolute atomic E-state index is 0.272. The zero-order chi connectivity index (χ0) is 15.4. The number of piperidine rings is 1. The van der Waals surface area contributed by atoms with Crippen molar-refractivity contribution in [1.82, 2.24) is 9.80 Å². The Morgan fingerprint density at radius 2 is 1.90 bits per heavy atom. The third kappa shape index (κ3) is 4.65. The summed E-state index contributed by atoms with van der Waals surface area (Å²) in [6, 6.07) is 6.76. The number of Topliss-reactive ketones (excluding diaryl/α,β-unsaturated/α-hetero) is 1. The van der Waals surface area contributed by atoms with Crippen molar-refractivity contribution in [2.24, 2.45) is 0 Å². The molecule has 21 heavy (non-hydrogen) atoms. The quantitative estimate of drug-likeness (QED) is 0.778. The molecule has 0 bridgehead atoms. The predicted molar refractivity (Wildman–Crippen MR) is 88.0 cm³/mol. The van der Waals surface area contributed by atoms with E-state index in [1.165, 1.54) is 24.0 Å². The van der Waals surface area contributed by atoms with Gasteiger partial charge in [-0.15, -0.1) is 0 Å². The summed E-state index contributed by atoms with van der Waals surface area (Å²) in [5, 5.41) is 0. The fourth-order valence-electron chi connectivity index (χ4n) is 3.20.